The molecule has 0 N–H and O–H groups in total. The lowest BCUT2D eigenvalue weighted by atomic mass is 9.84. The van der Waals surface area contributed by atoms with Crippen LogP contribution in [0.25, 0.3) is 0 Å². The van der Waals surface area contributed by atoms with Gasteiger partial charge in [0.2, 0.25) is 0 Å². The van der Waals surface area contributed by atoms with E-state index in [2.05, 4.69) is 20.7 Å². The van der Waals surface area contributed by atoms with Crippen LogP contribution >= 0.6 is 50.7 Å². The number of halogens is 4. The molecule has 0 rings (SSSR count). The first kappa shape index (κ1) is 15.8. The number of esters is 1. The number of hydrogen-bond acceptors (Lipinski definition) is 2. The van der Waals surface area contributed by atoms with E-state index in [1.165, 1.54) is 7.11 Å². The van der Waals surface area contributed by atoms with E-state index in [1.54, 1.807) is 0 Å². The molecule has 1 unspecified atom stereocenters. The van der Waals surface area contributed by atoms with E-state index >= 15 is 0 Å². The summed E-state index contributed by atoms with van der Waals surface area (Å²) in [7, 11) is 1.36. The first-order valence-electron chi connectivity index (χ1n) is 4.36. The Balaban J connectivity index is 4.38. The Morgan fingerprint density at radius 1 is 1.40 bits per heavy atom. The second-order valence-corrected chi connectivity index (χ2v) is 7.65. The summed E-state index contributed by atoms with van der Waals surface area (Å²) in [6.07, 6.45) is 0.613. The number of alkyl halides is 4. The van der Waals surface area contributed by atoms with Gasteiger partial charge in [-0.05, 0) is 5.41 Å². The Morgan fingerprint density at radius 3 is 2.20 bits per heavy atom. The van der Waals surface area contributed by atoms with Gasteiger partial charge in [-0.25, -0.2) is 0 Å². The molecule has 0 bridgehead atoms. The van der Waals surface area contributed by atoms with Gasteiger partial charge in [0.15, 0.2) is 3.79 Å². The van der Waals surface area contributed by atoms with Gasteiger partial charge in [0.1, 0.15) is 0 Å². The van der Waals surface area contributed by atoms with Crippen LogP contribution in [0.15, 0.2) is 0 Å². The second-order valence-electron chi connectivity index (χ2n) is 4.03. The summed E-state index contributed by atoms with van der Waals surface area (Å²) in [6.45, 7) is 3.83. The van der Waals surface area contributed by atoms with E-state index in [1.807, 2.05) is 13.8 Å². The molecule has 0 radical (unpaired) electrons. The van der Waals surface area contributed by atoms with Crippen LogP contribution in [0.1, 0.15) is 26.7 Å². The maximum atomic E-state index is 11.2. The van der Waals surface area contributed by atoms with Crippen LogP contribution < -0.4 is 0 Å². The molecule has 0 aliphatic heterocycles. The number of methoxy groups -OCH3 is 1. The lowest BCUT2D eigenvalue weighted by Gasteiger charge is -2.31. The summed E-state index contributed by atoms with van der Waals surface area (Å²) in [5.74, 6) is -0.270. The first-order valence-corrected chi connectivity index (χ1v) is 6.41. The van der Waals surface area contributed by atoms with Crippen molar-refractivity contribution in [3.8, 4) is 0 Å². The quantitative estimate of drug-likeness (QED) is 0.569. The molecule has 0 aliphatic rings. The molecule has 1 atom stereocenters. The Bertz CT molecular complexity index is 226. The Labute approximate surface area is 114 Å². The minimum Gasteiger partial charge on any atom is -0.469 e. The molecule has 0 fully saturated rings. The van der Waals surface area contributed by atoms with Crippen molar-refractivity contribution in [3.63, 3.8) is 0 Å². The number of carbonyl (C=O) groups excluding carboxylic acids is 1. The third-order valence-corrected chi connectivity index (χ3v) is 4.11. The van der Waals surface area contributed by atoms with Gasteiger partial charge in [0.25, 0.3) is 0 Å². The molecule has 0 saturated carbocycles. The summed E-state index contributed by atoms with van der Waals surface area (Å²) in [6, 6.07) is 0. The van der Waals surface area contributed by atoms with Crippen molar-refractivity contribution in [2.24, 2.45) is 5.41 Å². The van der Waals surface area contributed by atoms with Gasteiger partial charge in [-0.1, -0.05) is 64.6 Å². The van der Waals surface area contributed by atoms with Gasteiger partial charge in [0.05, 0.1) is 13.5 Å². The monoisotopic (exact) mass is 338 g/mol. The highest BCUT2D eigenvalue weighted by molar-refractivity contribution is 9.09. The molecule has 0 heterocycles. The highest BCUT2D eigenvalue weighted by Crippen LogP contribution is 2.41. The van der Waals surface area contributed by atoms with Crippen molar-refractivity contribution in [1.82, 2.24) is 0 Å². The fraction of sp³-hybridized carbons (Fsp3) is 0.889. The van der Waals surface area contributed by atoms with Crippen molar-refractivity contribution in [1.29, 1.82) is 0 Å². The van der Waals surface area contributed by atoms with Crippen molar-refractivity contribution < 1.29 is 9.53 Å². The molecule has 0 aromatic heterocycles. The van der Waals surface area contributed by atoms with E-state index in [9.17, 15) is 4.79 Å². The molecule has 0 saturated heterocycles. The summed E-state index contributed by atoms with van der Waals surface area (Å²) in [5, 5.41) is 0. The first-order chi connectivity index (χ1) is 6.58. The fourth-order valence-corrected chi connectivity index (χ4v) is 2.70. The Hall–Kier alpha value is 0.820. The predicted molar refractivity (Wildman–Crippen MR) is 68.0 cm³/mol. The normalized spacial score (nSPS) is 14.9. The lowest BCUT2D eigenvalue weighted by Crippen LogP contribution is -2.31. The molecule has 0 aliphatic carbocycles. The number of hydrogen-bond donors (Lipinski definition) is 0. The average molecular weight is 340 g/mol. The van der Waals surface area contributed by atoms with E-state index < -0.39 is 3.79 Å². The zero-order valence-electron chi connectivity index (χ0n) is 8.82. The van der Waals surface area contributed by atoms with E-state index in [4.69, 9.17) is 34.8 Å². The number of carbonyl (C=O) groups is 1. The Kier molecular flexibility index (Phi) is 6.27. The molecule has 0 spiro atoms. The van der Waals surface area contributed by atoms with Gasteiger partial charge in [-0.2, -0.15) is 0 Å². The molecule has 2 nitrogen and oxygen atoms in total. The van der Waals surface area contributed by atoms with Crippen molar-refractivity contribution in [3.05, 3.63) is 0 Å². The van der Waals surface area contributed by atoms with Crippen LogP contribution in [0.5, 0.6) is 0 Å². The zero-order valence-corrected chi connectivity index (χ0v) is 12.7. The standard InChI is InChI=1S/C9H14BrCl3O2/c1-8(2,5-7(14)15-3)6(10)4-9(11,12)13/h6H,4-5H2,1-3H3. The van der Waals surface area contributed by atoms with Crippen LogP contribution in [0.2, 0.25) is 0 Å². The highest BCUT2D eigenvalue weighted by Gasteiger charge is 2.35. The maximum absolute atomic E-state index is 11.2. The molecular weight excluding hydrogens is 326 g/mol. The second kappa shape index (κ2) is 5.95. The summed E-state index contributed by atoms with van der Waals surface area (Å²) < 4.78 is 3.29. The number of rotatable bonds is 4. The largest absolute Gasteiger partial charge is 0.469 e. The van der Waals surface area contributed by atoms with E-state index in [0.717, 1.165) is 0 Å². The summed E-state index contributed by atoms with van der Waals surface area (Å²) in [5.41, 5.74) is -0.322. The lowest BCUT2D eigenvalue weighted by molar-refractivity contribution is -0.142. The predicted octanol–water partition coefficient (Wildman–Crippen LogP) is 4.10. The average Bonchev–Trinajstić information content (AvgIpc) is 2.00. The molecule has 0 amide bonds. The van der Waals surface area contributed by atoms with Crippen LogP contribution in [-0.2, 0) is 9.53 Å². The fourth-order valence-electron chi connectivity index (χ4n) is 1.03. The van der Waals surface area contributed by atoms with Crippen LogP contribution in [0, 0.1) is 5.41 Å². The van der Waals surface area contributed by atoms with Gasteiger partial charge in [-0.15, -0.1) is 0 Å². The molecule has 90 valence electrons. The van der Waals surface area contributed by atoms with Gasteiger partial charge in [0, 0.05) is 11.2 Å². The van der Waals surface area contributed by atoms with Crippen LogP contribution in [0.4, 0.5) is 0 Å². The maximum Gasteiger partial charge on any atom is 0.306 e. The molecule has 0 aromatic rings. The zero-order chi connectivity index (χ0) is 12.3. The highest BCUT2D eigenvalue weighted by atomic mass is 79.9. The third kappa shape index (κ3) is 6.88. The Morgan fingerprint density at radius 2 is 1.87 bits per heavy atom. The minimum atomic E-state index is -1.32. The summed E-state index contributed by atoms with van der Waals surface area (Å²) >= 11 is 20.5. The molecule has 6 heteroatoms. The van der Waals surface area contributed by atoms with E-state index in [0.29, 0.717) is 6.42 Å². The van der Waals surface area contributed by atoms with Crippen LogP contribution in [0.3, 0.4) is 0 Å². The van der Waals surface area contributed by atoms with Gasteiger partial charge >= 0.3 is 5.97 Å². The number of ether oxygens (including phenoxy) is 1. The van der Waals surface area contributed by atoms with Crippen molar-refractivity contribution >= 4 is 56.7 Å². The smallest absolute Gasteiger partial charge is 0.306 e. The minimum absolute atomic E-state index is 0.0726. The molecule has 0 aromatic carbocycles. The third-order valence-electron chi connectivity index (χ3n) is 2.09. The molecular formula is C9H14BrCl3O2. The van der Waals surface area contributed by atoms with Gasteiger partial charge in [-0.3, -0.25) is 4.79 Å². The SMILES string of the molecule is COC(=O)CC(C)(C)C(Br)CC(Cl)(Cl)Cl. The van der Waals surface area contributed by atoms with E-state index in [-0.39, 0.29) is 22.6 Å². The molecule has 15 heavy (non-hydrogen) atoms. The summed E-state index contributed by atoms with van der Waals surface area (Å²) in [4.78, 5) is 11.1. The van der Waals surface area contributed by atoms with Crippen molar-refractivity contribution in [2.45, 2.75) is 35.3 Å². The topological polar surface area (TPSA) is 26.3 Å². The van der Waals surface area contributed by atoms with Crippen molar-refractivity contribution in [2.75, 3.05) is 7.11 Å². The van der Waals surface area contributed by atoms with Crippen LogP contribution in [-0.4, -0.2) is 21.7 Å². The van der Waals surface area contributed by atoms with Gasteiger partial charge < -0.3 is 4.74 Å².